The van der Waals surface area contributed by atoms with Crippen LogP contribution in [0.1, 0.15) is 24.1 Å². The molecule has 1 aromatic rings. The van der Waals surface area contributed by atoms with E-state index in [0.29, 0.717) is 5.56 Å². The quantitative estimate of drug-likeness (QED) is 0.814. The molecule has 0 saturated carbocycles. The lowest BCUT2D eigenvalue weighted by Gasteiger charge is -2.19. The van der Waals surface area contributed by atoms with Crippen LogP contribution in [0.4, 0.5) is 22.0 Å². The first-order valence-corrected chi connectivity index (χ1v) is 5.55. The van der Waals surface area contributed by atoms with Gasteiger partial charge in [-0.2, -0.15) is 13.2 Å². The number of benzene rings is 1. The minimum atomic E-state index is -4.42. The molecular weight excluding hydrogens is 269 g/mol. The molecule has 2 nitrogen and oxygen atoms in total. The number of nitrogens with one attached hydrogen (secondary N) is 1. The first kappa shape index (κ1) is 15.8. The van der Waals surface area contributed by atoms with Gasteiger partial charge in [0.05, 0.1) is 12.1 Å². The fourth-order valence-corrected chi connectivity index (χ4v) is 1.44. The number of hydrogen-bond donors (Lipinski definition) is 2. The molecular formula is C12H14F5NO. The molecule has 0 aromatic heterocycles. The molecule has 1 atom stereocenters. The minimum absolute atomic E-state index is 0.460. The van der Waals surface area contributed by atoms with E-state index < -0.39 is 36.9 Å². The lowest BCUT2D eigenvalue weighted by Crippen LogP contribution is -2.37. The summed E-state index contributed by atoms with van der Waals surface area (Å²) in [5.74, 6) is -3.25. The topological polar surface area (TPSA) is 32.3 Å². The summed E-state index contributed by atoms with van der Waals surface area (Å²) in [5.41, 5.74) is -0.328. The van der Waals surface area contributed by atoms with Crippen molar-refractivity contribution >= 4 is 0 Å². The maximum absolute atomic E-state index is 12.8. The van der Waals surface area contributed by atoms with Gasteiger partial charge in [-0.3, -0.25) is 0 Å². The summed E-state index contributed by atoms with van der Waals surface area (Å²) in [6, 6.07) is 3.73. The van der Waals surface area contributed by atoms with Crippen LogP contribution in [0, 0.1) is 0 Å². The van der Waals surface area contributed by atoms with Crippen molar-refractivity contribution in [2.75, 3.05) is 13.2 Å². The van der Waals surface area contributed by atoms with Gasteiger partial charge in [-0.25, -0.2) is 8.78 Å². The average Bonchev–Trinajstić information content (AvgIpc) is 2.35. The van der Waals surface area contributed by atoms with E-state index >= 15 is 0 Å². The van der Waals surface area contributed by atoms with Crippen molar-refractivity contribution in [1.82, 2.24) is 5.32 Å². The van der Waals surface area contributed by atoms with E-state index in [1.165, 1.54) is 12.1 Å². The van der Waals surface area contributed by atoms with Crippen LogP contribution < -0.4 is 5.32 Å². The Balaban J connectivity index is 2.66. The van der Waals surface area contributed by atoms with Gasteiger partial charge in [0.1, 0.15) is 6.61 Å². The molecule has 19 heavy (non-hydrogen) atoms. The molecule has 1 rings (SSSR count). The van der Waals surface area contributed by atoms with Crippen LogP contribution in [-0.2, 0) is 6.18 Å². The zero-order valence-electron chi connectivity index (χ0n) is 10.1. The van der Waals surface area contributed by atoms with Crippen molar-refractivity contribution in [3.8, 4) is 0 Å². The van der Waals surface area contributed by atoms with Crippen LogP contribution in [0.15, 0.2) is 24.3 Å². The zero-order chi connectivity index (χ0) is 14.7. The summed E-state index contributed by atoms with van der Waals surface area (Å²) in [4.78, 5) is 0. The lowest BCUT2D eigenvalue weighted by atomic mass is 10.1. The number of aliphatic hydroxyl groups is 1. The first-order chi connectivity index (χ1) is 8.65. The number of aliphatic hydroxyl groups excluding tert-OH is 1. The standard InChI is InChI=1S/C12H14F5NO/c1-8(18-6-11(13,14)7-19)9-2-4-10(5-3-9)12(15,16)17/h2-5,8,18-19H,6-7H2,1H3. The summed E-state index contributed by atoms with van der Waals surface area (Å²) in [6.07, 6.45) is -4.42. The molecule has 0 amide bonds. The molecule has 2 N–H and O–H groups in total. The van der Waals surface area contributed by atoms with Gasteiger partial charge in [0.15, 0.2) is 0 Å². The highest BCUT2D eigenvalue weighted by atomic mass is 19.4. The Hall–Kier alpha value is -1.21. The molecule has 0 fully saturated rings. The van der Waals surface area contributed by atoms with Gasteiger partial charge >= 0.3 is 6.18 Å². The van der Waals surface area contributed by atoms with Crippen LogP contribution in [0.2, 0.25) is 0 Å². The maximum Gasteiger partial charge on any atom is 0.416 e. The smallest absolute Gasteiger partial charge is 0.390 e. The molecule has 0 saturated heterocycles. The Bertz CT molecular complexity index is 402. The zero-order valence-corrected chi connectivity index (χ0v) is 10.1. The van der Waals surface area contributed by atoms with E-state index in [4.69, 9.17) is 5.11 Å². The summed E-state index contributed by atoms with van der Waals surface area (Å²) >= 11 is 0. The van der Waals surface area contributed by atoms with Crippen molar-refractivity contribution < 1.29 is 27.1 Å². The van der Waals surface area contributed by atoms with Crippen molar-refractivity contribution in [3.63, 3.8) is 0 Å². The highest BCUT2D eigenvalue weighted by Gasteiger charge is 2.30. The summed E-state index contributed by atoms with van der Waals surface area (Å²) in [5, 5.41) is 10.8. The van der Waals surface area contributed by atoms with Crippen LogP contribution in [0.25, 0.3) is 0 Å². The molecule has 0 aliphatic heterocycles. The largest absolute Gasteiger partial charge is 0.416 e. The normalized spacial score (nSPS) is 14.5. The third-order valence-corrected chi connectivity index (χ3v) is 2.64. The number of alkyl halides is 5. The summed E-state index contributed by atoms with van der Waals surface area (Å²) in [7, 11) is 0. The number of rotatable bonds is 5. The highest BCUT2D eigenvalue weighted by molar-refractivity contribution is 5.26. The van der Waals surface area contributed by atoms with Gasteiger partial charge in [-0.1, -0.05) is 12.1 Å². The number of halogens is 5. The molecule has 7 heteroatoms. The molecule has 0 spiro atoms. The lowest BCUT2D eigenvalue weighted by molar-refractivity contribution is -0.137. The molecule has 0 bridgehead atoms. The SMILES string of the molecule is CC(NCC(F)(F)CO)c1ccc(C(F)(F)F)cc1. The van der Waals surface area contributed by atoms with Crippen LogP contribution in [0.5, 0.6) is 0 Å². The first-order valence-electron chi connectivity index (χ1n) is 5.55. The molecule has 1 aromatic carbocycles. The van der Waals surface area contributed by atoms with E-state index in [1.807, 2.05) is 0 Å². The molecule has 0 aliphatic rings. The maximum atomic E-state index is 12.8. The minimum Gasteiger partial charge on any atom is -0.390 e. The van der Waals surface area contributed by atoms with Gasteiger partial charge in [0, 0.05) is 6.04 Å². The fourth-order valence-electron chi connectivity index (χ4n) is 1.44. The number of hydrogen-bond acceptors (Lipinski definition) is 2. The molecule has 1 unspecified atom stereocenters. The van der Waals surface area contributed by atoms with E-state index in [2.05, 4.69) is 5.32 Å². The van der Waals surface area contributed by atoms with E-state index in [0.717, 1.165) is 12.1 Å². The van der Waals surface area contributed by atoms with E-state index in [1.54, 1.807) is 6.92 Å². The predicted octanol–water partition coefficient (Wildman–Crippen LogP) is 2.98. The Morgan fingerprint density at radius 1 is 1.11 bits per heavy atom. The second-order valence-electron chi connectivity index (χ2n) is 4.24. The van der Waals surface area contributed by atoms with Crippen molar-refractivity contribution in [3.05, 3.63) is 35.4 Å². The second kappa shape index (κ2) is 5.83. The summed E-state index contributed by atoms with van der Waals surface area (Å²) in [6.45, 7) is -0.471. The van der Waals surface area contributed by atoms with Gasteiger partial charge in [0.2, 0.25) is 0 Å². The fraction of sp³-hybridized carbons (Fsp3) is 0.500. The Kier molecular flexibility index (Phi) is 4.86. The van der Waals surface area contributed by atoms with Crippen molar-refractivity contribution in [2.24, 2.45) is 0 Å². The van der Waals surface area contributed by atoms with Gasteiger partial charge in [0.25, 0.3) is 5.92 Å². The Morgan fingerprint density at radius 3 is 2.05 bits per heavy atom. The predicted molar refractivity (Wildman–Crippen MR) is 59.9 cm³/mol. The van der Waals surface area contributed by atoms with Crippen molar-refractivity contribution in [2.45, 2.75) is 25.1 Å². The van der Waals surface area contributed by atoms with E-state index in [9.17, 15) is 22.0 Å². The van der Waals surface area contributed by atoms with E-state index in [-0.39, 0.29) is 0 Å². The highest BCUT2D eigenvalue weighted by Crippen LogP contribution is 2.29. The molecule has 0 radical (unpaired) electrons. The van der Waals surface area contributed by atoms with Crippen LogP contribution >= 0.6 is 0 Å². The molecule has 0 heterocycles. The van der Waals surface area contributed by atoms with Crippen LogP contribution in [-0.4, -0.2) is 24.2 Å². The second-order valence-corrected chi connectivity index (χ2v) is 4.24. The third kappa shape index (κ3) is 4.76. The van der Waals surface area contributed by atoms with Gasteiger partial charge in [-0.15, -0.1) is 0 Å². The monoisotopic (exact) mass is 283 g/mol. The third-order valence-electron chi connectivity index (χ3n) is 2.64. The van der Waals surface area contributed by atoms with Gasteiger partial charge in [-0.05, 0) is 24.6 Å². The van der Waals surface area contributed by atoms with Gasteiger partial charge < -0.3 is 10.4 Å². The van der Waals surface area contributed by atoms with Crippen molar-refractivity contribution in [1.29, 1.82) is 0 Å². The Morgan fingerprint density at radius 2 is 1.63 bits per heavy atom. The molecule has 108 valence electrons. The average molecular weight is 283 g/mol. The summed E-state index contributed by atoms with van der Waals surface area (Å²) < 4.78 is 62.6. The molecule has 0 aliphatic carbocycles. The Labute approximate surface area is 107 Å². The van der Waals surface area contributed by atoms with Crippen LogP contribution in [0.3, 0.4) is 0 Å².